The molecule has 0 radical (unpaired) electrons. The van der Waals surface area contributed by atoms with E-state index >= 15 is 0 Å². The largest absolute Gasteiger partial charge is 0.465 e. The quantitative estimate of drug-likeness (QED) is 0.806. The standard InChI is InChI=1S/C17H15F3N2O2/c1-24-16(23)12-6-13-9-22(10-15(13)21-7-12)8-11-2-4-14(5-3-11)17(18,19)20/h2-7H,8-10H2,1H3. The summed E-state index contributed by atoms with van der Waals surface area (Å²) in [5, 5.41) is 0. The molecule has 0 aliphatic carbocycles. The van der Waals surface area contributed by atoms with E-state index in [0.717, 1.165) is 29.0 Å². The third-order valence-corrected chi connectivity index (χ3v) is 3.94. The van der Waals surface area contributed by atoms with E-state index in [1.165, 1.54) is 25.4 Å². The van der Waals surface area contributed by atoms with E-state index in [2.05, 4.69) is 14.6 Å². The van der Waals surface area contributed by atoms with E-state index in [-0.39, 0.29) is 0 Å². The van der Waals surface area contributed by atoms with Gasteiger partial charge in [0.25, 0.3) is 0 Å². The van der Waals surface area contributed by atoms with Crippen LogP contribution in [-0.2, 0) is 30.5 Å². The molecular formula is C17H15F3N2O2. The molecule has 0 atom stereocenters. The first-order chi connectivity index (χ1) is 11.4. The number of hydrogen-bond donors (Lipinski definition) is 0. The summed E-state index contributed by atoms with van der Waals surface area (Å²) in [4.78, 5) is 17.9. The lowest BCUT2D eigenvalue weighted by atomic mass is 10.1. The van der Waals surface area contributed by atoms with Gasteiger partial charge in [0, 0.05) is 25.8 Å². The lowest BCUT2D eigenvalue weighted by Gasteiger charge is -2.15. The smallest absolute Gasteiger partial charge is 0.416 e. The van der Waals surface area contributed by atoms with Crippen LogP contribution in [0.4, 0.5) is 13.2 Å². The molecule has 3 rings (SSSR count). The van der Waals surface area contributed by atoms with Gasteiger partial charge in [-0.25, -0.2) is 4.79 Å². The summed E-state index contributed by atoms with van der Waals surface area (Å²) in [5.41, 5.74) is 2.34. The van der Waals surface area contributed by atoms with Crippen molar-refractivity contribution < 1.29 is 22.7 Å². The van der Waals surface area contributed by atoms with Crippen LogP contribution in [0.25, 0.3) is 0 Å². The summed E-state index contributed by atoms with van der Waals surface area (Å²) in [6.07, 6.45) is -2.84. The minimum Gasteiger partial charge on any atom is -0.465 e. The normalized spacial score (nSPS) is 14.5. The SMILES string of the molecule is COC(=O)c1cnc2c(c1)CN(Cc1ccc(C(F)(F)F)cc1)C2. The molecule has 1 aromatic heterocycles. The van der Waals surface area contributed by atoms with Crippen LogP contribution in [0.5, 0.6) is 0 Å². The van der Waals surface area contributed by atoms with Crippen molar-refractivity contribution in [3.05, 3.63) is 64.5 Å². The molecule has 126 valence electrons. The van der Waals surface area contributed by atoms with Gasteiger partial charge in [-0.1, -0.05) is 12.1 Å². The molecule has 24 heavy (non-hydrogen) atoms. The van der Waals surface area contributed by atoms with E-state index in [1.54, 1.807) is 6.07 Å². The molecule has 0 bridgehead atoms. The Hall–Kier alpha value is -2.41. The Morgan fingerprint density at radius 2 is 1.96 bits per heavy atom. The number of esters is 1. The maximum atomic E-state index is 12.6. The first-order valence-corrected chi connectivity index (χ1v) is 7.31. The average Bonchev–Trinajstić information content (AvgIpc) is 2.95. The monoisotopic (exact) mass is 336 g/mol. The molecule has 0 spiro atoms. The van der Waals surface area contributed by atoms with Crippen LogP contribution in [0, 0.1) is 0 Å². The number of nitrogens with zero attached hydrogens (tertiary/aromatic N) is 2. The summed E-state index contributed by atoms with van der Waals surface area (Å²) in [5.74, 6) is -0.438. The average molecular weight is 336 g/mol. The predicted octanol–water partition coefficient (Wildman–Crippen LogP) is 3.40. The second-order valence-corrected chi connectivity index (χ2v) is 5.66. The predicted molar refractivity (Wildman–Crippen MR) is 80.0 cm³/mol. The van der Waals surface area contributed by atoms with Gasteiger partial charge in [0.2, 0.25) is 0 Å². The third kappa shape index (κ3) is 3.41. The Bertz CT molecular complexity index is 757. The molecule has 4 nitrogen and oxygen atoms in total. The number of carbonyl (C=O) groups is 1. The molecule has 0 saturated heterocycles. The second-order valence-electron chi connectivity index (χ2n) is 5.66. The summed E-state index contributed by atoms with van der Waals surface area (Å²) < 4.78 is 42.4. The molecular weight excluding hydrogens is 321 g/mol. The second kappa shape index (κ2) is 6.24. The van der Waals surface area contributed by atoms with Crippen molar-refractivity contribution in [1.29, 1.82) is 0 Å². The van der Waals surface area contributed by atoms with Crippen LogP contribution in [0.15, 0.2) is 36.5 Å². The number of carbonyl (C=O) groups excluding carboxylic acids is 1. The zero-order valence-corrected chi connectivity index (χ0v) is 12.9. The molecule has 1 aliphatic rings. The van der Waals surface area contributed by atoms with Gasteiger partial charge >= 0.3 is 12.1 Å². The van der Waals surface area contributed by atoms with Crippen molar-refractivity contribution in [1.82, 2.24) is 9.88 Å². The number of rotatable bonds is 3. The molecule has 0 N–H and O–H groups in total. The topological polar surface area (TPSA) is 42.4 Å². The molecule has 2 aromatic rings. The third-order valence-electron chi connectivity index (χ3n) is 3.94. The highest BCUT2D eigenvalue weighted by Crippen LogP contribution is 2.30. The van der Waals surface area contributed by atoms with E-state index < -0.39 is 17.7 Å². The fourth-order valence-electron chi connectivity index (χ4n) is 2.73. The number of pyridine rings is 1. The van der Waals surface area contributed by atoms with Gasteiger partial charge in [-0.15, -0.1) is 0 Å². The number of halogens is 3. The molecule has 2 heterocycles. The molecule has 0 amide bonds. The fraction of sp³-hybridized carbons (Fsp3) is 0.294. The Labute approximate surface area is 136 Å². The number of fused-ring (bicyclic) bond motifs is 1. The maximum Gasteiger partial charge on any atom is 0.416 e. The number of alkyl halides is 3. The number of hydrogen-bond acceptors (Lipinski definition) is 4. The van der Waals surface area contributed by atoms with Crippen molar-refractivity contribution in [3.63, 3.8) is 0 Å². The van der Waals surface area contributed by atoms with Crippen LogP contribution < -0.4 is 0 Å². The lowest BCUT2D eigenvalue weighted by Crippen LogP contribution is -2.16. The molecule has 0 unspecified atom stereocenters. The first kappa shape index (κ1) is 16.4. The lowest BCUT2D eigenvalue weighted by molar-refractivity contribution is -0.137. The van der Waals surface area contributed by atoms with Crippen molar-refractivity contribution >= 4 is 5.97 Å². The molecule has 0 fully saturated rings. The van der Waals surface area contributed by atoms with Crippen LogP contribution in [0.2, 0.25) is 0 Å². The van der Waals surface area contributed by atoms with Gasteiger partial charge in [-0.3, -0.25) is 9.88 Å². The highest BCUT2D eigenvalue weighted by Gasteiger charge is 2.30. The van der Waals surface area contributed by atoms with Crippen molar-refractivity contribution in [2.45, 2.75) is 25.8 Å². The van der Waals surface area contributed by atoms with Gasteiger partial charge in [-0.2, -0.15) is 13.2 Å². The van der Waals surface area contributed by atoms with Gasteiger partial charge in [0.1, 0.15) is 0 Å². The number of aromatic nitrogens is 1. The summed E-state index contributed by atoms with van der Waals surface area (Å²) in [6, 6.07) is 6.90. The number of benzene rings is 1. The van der Waals surface area contributed by atoms with Crippen molar-refractivity contribution in [2.24, 2.45) is 0 Å². The highest BCUT2D eigenvalue weighted by molar-refractivity contribution is 5.89. The Kier molecular flexibility index (Phi) is 4.28. The van der Waals surface area contributed by atoms with E-state index in [0.29, 0.717) is 25.2 Å². The highest BCUT2D eigenvalue weighted by atomic mass is 19.4. The van der Waals surface area contributed by atoms with Crippen LogP contribution in [0.1, 0.15) is 32.7 Å². The minimum absolute atomic E-state index is 0.396. The van der Waals surface area contributed by atoms with Gasteiger partial charge in [0.05, 0.1) is 23.9 Å². The minimum atomic E-state index is -4.32. The zero-order valence-electron chi connectivity index (χ0n) is 12.9. The summed E-state index contributed by atoms with van der Waals surface area (Å²) in [7, 11) is 1.31. The van der Waals surface area contributed by atoms with Gasteiger partial charge in [-0.05, 0) is 29.3 Å². The fourth-order valence-corrected chi connectivity index (χ4v) is 2.73. The summed E-state index contributed by atoms with van der Waals surface area (Å²) in [6.45, 7) is 1.70. The Morgan fingerprint density at radius 3 is 2.58 bits per heavy atom. The first-order valence-electron chi connectivity index (χ1n) is 7.31. The molecule has 1 aromatic carbocycles. The molecule has 7 heteroatoms. The van der Waals surface area contributed by atoms with E-state index in [1.807, 2.05) is 0 Å². The number of methoxy groups -OCH3 is 1. The Morgan fingerprint density at radius 1 is 1.25 bits per heavy atom. The number of ether oxygens (including phenoxy) is 1. The van der Waals surface area contributed by atoms with Crippen LogP contribution in [0.3, 0.4) is 0 Å². The zero-order chi connectivity index (χ0) is 17.3. The van der Waals surface area contributed by atoms with E-state index in [9.17, 15) is 18.0 Å². The molecule has 0 saturated carbocycles. The van der Waals surface area contributed by atoms with Gasteiger partial charge in [0.15, 0.2) is 0 Å². The maximum absolute atomic E-state index is 12.6. The van der Waals surface area contributed by atoms with Crippen LogP contribution in [-0.4, -0.2) is 23.0 Å². The van der Waals surface area contributed by atoms with Crippen molar-refractivity contribution in [2.75, 3.05) is 7.11 Å². The van der Waals surface area contributed by atoms with E-state index in [4.69, 9.17) is 0 Å². The van der Waals surface area contributed by atoms with Gasteiger partial charge < -0.3 is 4.74 Å². The molecule has 1 aliphatic heterocycles. The van der Waals surface area contributed by atoms with Crippen LogP contribution >= 0.6 is 0 Å². The van der Waals surface area contributed by atoms with Crippen molar-refractivity contribution in [3.8, 4) is 0 Å². The summed E-state index contributed by atoms with van der Waals surface area (Å²) >= 11 is 0. The Balaban J connectivity index is 1.69.